The Morgan fingerprint density at radius 2 is 2.00 bits per heavy atom. The minimum atomic E-state index is -1.32. The van der Waals surface area contributed by atoms with Crippen LogP contribution in [0.25, 0.3) is 0 Å². The van der Waals surface area contributed by atoms with Crippen LogP contribution in [0.1, 0.15) is 0 Å². The maximum absolute atomic E-state index is 9.69. The molecule has 0 spiro atoms. The Balaban J connectivity index is 2.81. The monoisotopic (exact) mass is 89.0 g/mol. The van der Waals surface area contributed by atoms with E-state index in [1.54, 1.807) is 0 Å². The molecular formula is C2H2O2P+. The topological polar surface area (TPSA) is 34.1 Å². The predicted molar refractivity (Wildman–Crippen MR) is 17.5 cm³/mol. The molecule has 1 aliphatic rings. The van der Waals surface area contributed by atoms with E-state index in [9.17, 15) is 9.36 Å². The summed E-state index contributed by atoms with van der Waals surface area (Å²) < 4.78 is 9.69. The van der Waals surface area contributed by atoms with Crippen LogP contribution in [0, 0.1) is 0 Å². The molecule has 0 aromatic heterocycles. The van der Waals surface area contributed by atoms with Gasteiger partial charge in [0.2, 0.25) is 0 Å². The maximum Gasteiger partial charge on any atom is 0.432 e. The molecule has 1 heterocycles. The Hall–Kier alpha value is -0.230. The van der Waals surface area contributed by atoms with Gasteiger partial charge in [0.25, 0.3) is 6.16 Å². The highest BCUT2D eigenvalue weighted by atomic mass is 31.1. The molecule has 0 saturated carbocycles. The van der Waals surface area contributed by atoms with E-state index in [4.69, 9.17) is 0 Å². The number of hydrogen-bond donors (Lipinski definition) is 0. The third-order valence-electron chi connectivity index (χ3n) is 0.454. The van der Waals surface area contributed by atoms with Gasteiger partial charge in [-0.2, -0.15) is 0 Å². The van der Waals surface area contributed by atoms with Crippen LogP contribution in [-0.4, -0.2) is 11.7 Å². The van der Waals surface area contributed by atoms with Gasteiger partial charge in [0.15, 0.2) is 0 Å². The first-order valence-electron chi connectivity index (χ1n) is 1.28. The van der Waals surface area contributed by atoms with Gasteiger partial charge < -0.3 is 0 Å². The van der Waals surface area contributed by atoms with Crippen molar-refractivity contribution in [1.82, 2.24) is 0 Å². The van der Waals surface area contributed by atoms with Crippen molar-refractivity contribution in [3.8, 4) is 0 Å². The van der Waals surface area contributed by atoms with Gasteiger partial charge in [0.1, 0.15) is 0 Å². The smallest absolute Gasteiger partial charge is 0.235 e. The van der Waals surface area contributed by atoms with Gasteiger partial charge >= 0.3 is 13.3 Å². The van der Waals surface area contributed by atoms with Gasteiger partial charge in [-0.15, -0.1) is 0 Å². The summed E-state index contributed by atoms with van der Waals surface area (Å²) in [5.41, 5.74) is -0.0694. The van der Waals surface area contributed by atoms with Crippen LogP contribution in [-0.2, 0) is 9.36 Å². The van der Waals surface area contributed by atoms with Crippen molar-refractivity contribution in [2.24, 2.45) is 0 Å². The fourth-order valence-electron chi connectivity index (χ4n) is 0.0875. The Bertz CT molecular complexity index is 83.8. The van der Waals surface area contributed by atoms with Crippen molar-refractivity contribution >= 4 is 13.3 Å². The molecule has 0 N–H and O–H groups in total. The van der Waals surface area contributed by atoms with Crippen molar-refractivity contribution in [1.29, 1.82) is 0 Å². The minimum Gasteiger partial charge on any atom is -0.235 e. The minimum absolute atomic E-state index is 0.0694. The Labute approximate surface area is 30.0 Å². The molecule has 1 rings (SSSR count). The highest BCUT2D eigenvalue weighted by Crippen LogP contribution is 2.38. The summed E-state index contributed by atoms with van der Waals surface area (Å²) >= 11 is 0. The van der Waals surface area contributed by atoms with Crippen molar-refractivity contribution in [2.45, 2.75) is 0 Å². The zero-order chi connectivity index (χ0) is 3.86. The van der Waals surface area contributed by atoms with Gasteiger partial charge in [-0.25, -0.2) is 4.79 Å². The standard InChI is InChI=1S/C2H2O2P/c3-2-1-5(2)4/h1H2/q+1. The summed E-state index contributed by atoms with van der Waals surface area (Å²) in [6.45, 7) is 0. The number of carbonyl (C=O) groups excluding carboxylic acids is 1. The second-order valence-corrected chi connectivity index (χ2v) is 2.50. The molecule has 26 valence electrons. The summed E-state index contributed by atoms with van der Waals surface area (Å²) in [4.78, 5) is 9.60. The van der Waals surface area contributed by atoms with E-state index >= 15 is 0 Å². The predicted octanol–water partition coefficient (Wildman–Crippen LogP) is 0.354. The molecule has 1 aliphatic heterocycles. The lowest BCUT2D eigenvalue weighted by molar-refractivity contribution is -0.106. The molecule has 0 aliphatic carbocycles. The van der Waals surface area contributed by atoms with Crippen LogP contribution in [0.5, 0.6) is 0 Å². The van der Waals surface area contributed by atoms with Crippen LogP contribution < -0.4 is 0 Å². The average Bonchev–Trinajstić information content (AvgIpc) is 1.79. The lowest BCUT2D eigenvalue weighted by Crippen LogP contribution is -1.48. The third-order valence-corrected chi connectivity index (χ3v) is 1.36. The highest BCUT2D eigenvalue weighted by Gasteiger charge is 2.50. The number of rotatable bonds is 0. The van der Waals surface area contributed by atoms with Crippen molar-refractivity contribution in [3.05, 3.63) is 0 Å². The largest absolute Gasteiger partial charge is 0.432 e. The van der Waals surface area contributed by atoms with Crippen LogP contribution in [0.15, 0.2) is 0 Å². The Morgan fingerprint density at radius 3 is 2.00 bits per heavy atom. The highest BCUT2D eigenvalue weighted by molar-refractivity contribution is 7.77. The van der Waals surface area contributed by atoms with E-state index in [1.165, 1.54) is 0 Å². The Kier molecular flexibility index (Phi) is 0.376. The molecule has 5 heavy (non-hydrogen) atoms. The normalized spacial score (nSPS) is 27.2. The molecule has 1 saturated heterocycles. The fourth-order valence-corrected chi connectivity index (χ4v) is 0.436. The van der Waals surface area contributed by atoms with Crippen LogP contribution in [0.3, 0.4) is 0 Å². The summed E-state index contributed by atoms with van der Waals surface area (Å²) in [7, 11) is -1.32. The van der Waals surface area contributed by atoms with Crippen molar-refractivity contribution in [2.75, 3.05) is 6.16 Å². The van der Waals surface area contributed by atoms with E-state index in [0.29, 0.717) is 6.16 Å². The fraction of sp³-hybridized carbons (Fsp3) is 0.500. The summed E-state index contributed by atoms with van der Waals surface area (Å²) in [5.74, 6) is 0. The lowest BCUT2D eigenvalue weighted by Gasteiger charge is -1.11. The second-order valence-electron chi connectivity index (χ2n) is 0.930. The molecule has 0 radical (unpaired) electrons. The van der Waals surface area contributed by atoms with E-state index in [1.807, 2.05) is 0 Å². The van der Waals surface area contributed by atoms with Crippen LogP contribution >= 0.6 is 7.80 Å². The molecule has 1 fully saturated rings. The molecule has 0 aromatic carbocycles. The Morgan fingerprint density at radius 1 is 1.80 bits per heavy atom. The van der Waals surface area contributed by atoms with E-state index in [0.717, 1.165) is 0 Å². The molecule has 0 amide bonds. The SMILES string of the molecule is O=C1C[P+]1=O. The van der Waals surface area contributed by atoms with Gasteiger partial charge in [0.05, 0.1) is 0 Å². The summed E-state index contributed by atoms with van der Waals surface area (Å²) in [6, 6.07) is 0. The zero-order valence-corrected chi connectivity index (χ0v) is 3.37. The van der Waals surface area contributed by atoms with E-state index in [2.05, 4.69) is 0 Å². The lowest BCUT2D eigenvalue weighted by atomic mass is 11.0. The quantitative estimate of drug-likeness (QED) is 0.401. The number of hydrogen-bond acceptors (Lipinski definition) is 2. The molecule has 3 heteroatoms. The van der Waals surface area contributed by atoms with Gasteiger partial charge in [0, 0.05) is 0 Å². The molecule has 1 atom stereocenters. The first-order valence-corrected chi connectivity index (χ1v) is 2.72. The maximum atomic E-state index is 9.69. The zero-order valence-electron chi connectivity index (χ0n) is 2.47. The molecular weight excluding hydrogens is 87.0 g/mol. The van der Waals surface area contributed by atoms with Crippen LogP contribution in [0.2, 0.25) is 0 Å². The third kappa shape index (κ3) is 0.355. The van der Waals surface area contributed by atoms with Gasteiger partial charge in [-0.05, 0) is 0 Å². The summed E-state index contributed by atoms with van der Waals surface area (Å²) in [6.07, 6.45) is 0.343. The molecule has 2 nitrogen and oxygen atoms in total. The molecule has 1 unspecified atom stereocenters. The summed E-state index contributed by atoms with van der Waals surface area (Å²) in [5, 5.41) is 0. The first-order chi connectivity index (χ1) is 2.30. The van der Waals surface area contributed by atoms with Crippen molar-refractivity contribution < 1.29 is 9.36 Å². The number of carbonyl (C=O) groups is 1. The van der Waals surface area contributed by atoms with E-state index < -0.39 is 7.80 Å². The first kappa shape index (κ1) is 2.98. The van der Waals surface area contributed by atoms with Crippen molar-refractivity contribution in [3.63, 3.8) is 0 Å². The molecule has 0 bridgehead atoms. The van der Waals surface area contributed by atoms with Gasteiger partial charge in [-0.3, -0.25) is 0 Å². The second kappa shape index (κ2) is 0.631. The van der Waals surface area contributed by atoms with E-state index in [-0.39, 0.29) is 5.52 Å². The average molecular weight is 89.0 g/mol. The van der Waals surface area contributed by atoms with Crippen LogP contribution in [0.4, 0.5) is 0 Å². The molecule has 0 aromatic rings. The van der Waals surface area contributed by atoms with Gasteiger partial charge in [-0.1, -0.05) is 4.57 Å².